The van der Waals surface area contributed by atoms with Crippen LogP contribution in [-0.2, 0) is 4.74 Å². The molecule has 0 amide bonds. The second-order valence-electron chi connectivity index (χ2n) is 5.65. The zero-order valence-electron chi connectivity index (χ0n) is 10.3. The molecule has 4 heteroatoms. The number of hydrogen-bond acceptors (Lipinski definition) is 3. The van der Waals surface area contributed by atoms with Gasteiger partial charge in [0.1, 0.15) is 5.76 Å². The maximum absolute atomic E-state index is 5.98. The molecule has 0 aromatic rings. The van der Waals surface area contributed by atoms with Crippen molar-refractivity contribution in [2.45, 2.75) is 24.4 Å². The van der Waals surface area contributed by atoms with E-state index < -0.39 is 0 Å². The lowest BCUT2D eigenvalue weighted by molar-refractivity contribution is 0.165. The SMILES string of the molecule is ClC1C=C2C=CN([C@@H]3C[C@H]4CCN(C4)C3)C=C2O1. The largest absolute Gasteiger partial charge is 0.469 e. The molecule has 0 spiro atoms. The average Bonchev–Trinajstić information content (AvgIpc) is 2.89. The molecule has 3 nitrogen and oxygen atoms in total. The highest BCUT2D eigenvalue weighted by Gasteiger charge is 2.35. The van der Waals surface area contributed by atoms with Gasteiger partial charge in [-0.05, 0) is 37.5 Å². The summed E-state index contributed by atoms with van der Waals surface area (Å²) in [7, 11) is 0. The fraction of sp³-hybridized carbons (Fsp3) is 0.571. The molecule has 0 aliphatic carbocycles. The lowest BCUT2D eigenvalue weighted by Crippen LogP contribution is -2.43. The summed E-state index contributed by atoms with van der Waals surface area (Å²) < 4.78 is 5.58. The molecule has 2 bridgehead atoms. The summed E-state index contributed by atoms with van der Waals surface area (Å²) in [6.45, 7) is 3.75. The van der Waals surface area contributed by atoms with Crippen molar-refractivity contribution >= 4 is 11.6 Å². The Balaban J connectivity index is 1.54. The third-order valence-electron chi connectivity index (χ3n) is 4.39. The highest BCUT2D eigenvalue weighted by atomic mass is 35.5. The van der Waals surface area contributed by atoms with E-state index in [2.05, 4.69) is 28.3 Å². The molecule has 18 heavy (non-hydrogen) atoms. The fourth-order valence-corrected chi connectivity index (χ4v) is 3.74. The van der Waals surface area contributed by atoms with Crippen LogP contribution in [0.25, 0.3) is 0 Å². The molecule has 2 saturated heterocycles. The van der Waals surface area contributed by atoms with E-state index in [4.69, 9.17) is 16.3 Å². The lowest BCUT2D eigenvalue weighted by Gasteiger charge is -2.37. The van der Waals surface area contributed by atoms with Crippen LogP contribution in [0.3, 0.4) is 0 Å². The molecule has 0 aromatic heterocycles. The molecule has 4 aliphatic heterocycles. The summed E-state index contributed by atoms with van der Waals surface area (Å²) in [5.41, 5.74) is 0.812. The van der Waals surface area contributed by atoms with Gasteiger partial charge in [0.05, 0.1) is 0 Å². The molecule has 4 heterocycles. The lowest BCUT2D eigenvalue weighted by atomic mass is 9.95. The van der Waals surface area contributed by atoms with Crippen molar-refractivity contribution in [1.29, 1.82) is 0 Å². The highest BCUT2D eigenvalue weighted by Crippen LogP contribution is 2.34. The second kappa shape index (κ2) is 4.04. The van der Waals surface area contributed by atoms with Gasteiger partial charge in [-0.25, -0.2) is 0 Å². The Bertz CT molecular complexity index is 445. The quantitative estimate of drug-likeness (QED) is 0.676. The number of alkyl halides is 1. The van der Waals surface area contributed by atoms with Crippen LogP contribution in [0.15, 0.2) is 35.9 Å². The molecule has 2 unspecified atom stereocenters. The van der Waals surface area contributed by atoms with Gasteiger partial charge < -0.3 is 14.5 Å². The Morgan fingerprint density at radius 3 is 3.17 bits per heavy atom. The van der Waals surface area contributed by atoms with Crippen molar-refractivity contribution in [1.82, 2.24) is 9.80 Å². The third-order valence-corrected chi connectivity index (χ3v) is 4.61. The van der Waals surface area contributed by atoms with E-state index >= 15 is 0 Å². The van der Waals surface area contributed by atoms with E-state index in [1.54, 1.807) is 0 Å². The molecule has 4 rings (SSSR count). The van der Waals surface area contributed by atoms with Crippen molar-refractivity contribution in [3.8, 4) is 0 Å². The van der Waals surface area contributed by atoms with Gasteiger partial charge in [-0.2, -0.15) is 0 Å². The number of fused-ring (bicyclic) bond motifs is 3. The van der Waals surface area contributed by atoms with Crippen molar-refractivity contribution in [3.63, 3.8) is 0 Å². The first-order valence-electron chi connectivity index (χ1n) is 6.71. The summed E-state index contributed by atoms with van der Waals surface area (Å²) in [5.74, 6) is 1.81. The number of halogens is 1. The number of rotatable bonds is 1. The zero-order chi connectivity index (χ0) is 12.1. The fourth-order valence-electron chi connectivity index (χ4n) is 3.51. The number of ether oxygens (including phenoxy) is 1. The molecule has 0 N–H and O–H groups in total. The van der Waals surface area contributed by atoms with E-state index in [1.165, 1.54) is 32.5 Å². The molecule has 0 radical (unpaired) electrons. The molecule has 4 atom stereocenters. The topological polar surface area (TPSA) is 15.7 Å². The maximum atomic E-state index is 5.98. The molecule has 0 aromatic carbocycles. The maximum Gasteiger partial charge on any atom is 0.192 e. The standard InChI is InChI=1S/C14H17ClN2O/c15-14-6-11-2-4-17(9-13(11)18-14)12-5-10-1-3-16(7-10)8-12/h2,4,6,9-10,12,14H,1,3,5,7-8H2/t10-,12-,14?/m1/s1. The van der Waals surface area contributed by atoms with E-state index in [0.29, 0.717) is 6.04 Å². The summed E-state index contributed by atoms with van der Waals surface area (Å²) in [6.07, 6.45) is 11.0. The molecular weight excluding hydrogens is 248 g/mol. The second-order valence-corrected chi connectivity index (χ2v) is 6.08. The minimum absolute atomic E-state index is 0.304. The van der Waals surface area contributed by atoms with Gasteiger partial charge in [0.2, 0.25) is 0 Å². The van der Waals surface area contributed by atoms with Crippen LogP contribution in [0.1, 0.15) is 12.8 Å². The summed E-state index contributed by atoms with van der Waals surface area (Å²) in [4.78, 5) is 4.89. The van der Waals surface area contributed by atoms with Crippen molar-refractivity contribution in [3.05, 3.63) is 35.9 Å². The number of hydrogen-bond donors (Lipinski definition) is 0. The average molecular weight is 265 g/mol. The predicted molar refractivity (Wildman–Crippen MR) is 70.8 cm³/mol. The minimum atomic E-state index is -0.304. The highest BCUT2D eigenvalue weighted by molar-refractivity contribution is 6.21. The monoisotopic (exact) mass is 264 g/mol. The van der Waals surface area contributed by atoms with Gasteiger partial charge in [0, 0.05) is 37.1 Å². The first kappa shape index (κ1) is 10.9. The van der Waals surface area contributed by atoms with Crippen LogP contribution < -0.4 is 0 Å². The minimum Gasteiger partial charge on any atom is -0.469 e. The Morgan fingerprint density at radius 2 is 2.28 bits per heavy atom. The van der Waals surface area contributed by atoms with Crippen LogP contribution >= 0.6 is 11.6 Å². The van der Waals surface area contributed by atoms with Gasteiger partial charge >= 0.3 is 0 Å². The van der Waals surface area contributed by atoms with Gasteiger partial charge in [-0.3, -0.25) is 0 Å². The zero-order valence-corrected chi connectivity index (χ0v) is 11.0. The summed E-state index contributed by atoms with van der Waals surface area (Å²) >= 11 is 5.98. The Hall–Kier alpha value is -0.930. The molecule has 2 fully saturated rings. The van der Waals surface area contributed by atoms with Crippen LogP contribution in [0.5, 0.6) is 0 Å². The van der Waals surface area contributed by atoms with E-state index in [9.17, 15) is 0 Å². The van der Waals surface area contributed by atoms with Gasteiger partial charge in [0.15, 0.2) is 5.56 Å². The summed E-state index contributed by atoms with van der Waals surface area (Å²) in [5, 5.41) is 0. The molecular formula is C14H17ClN2O. The van der Waals surface area contributed by atoms with E-state index in [0.717, 1.165) is 17.3 Å². The van der Waals surface area contributed by atoms with Crippen LogP contribution in [0, 0.1) is 5.92 Å². The molecule has 0 saturated carbocycles. The number of nitrogens with zero attached hydrogens (tertiary/aromatic N) is 2. The van der Waals surface area contributed by atoms with Crippen molar-refractivity contribution in [2.24, 2.45) is 5.92 Å². The van der Waals surface area contributed by atoms with Crippen molar-refractivity contribution in [2.75, 3.05) is 19.6 Å². The summed E-state index contributed by atoms with van der Waals surface area (Å²) in [6, 6.07) is 0.592. The third kappa shape index (κ3) is 1.77. The Kier molecular flexibility index (Phi) is 2.45. The van der Waals surface area contributed by atoms with E-state index in [-0.39, 0.29) is 5.56 Å². The number of piperidine rings is 1. The first-order valence-corrected chi connectivity index (χ1v) is 7.14. The van der Waals surface area contributed by atoms with Crippen molar-refractivity contribution < 1.29 is 4.74 Å². The van der Waals surface area contributed by atoms with Gasteiger partial charge in [0.25, 0.3) is 0 Å². The van der Waals surface area contributed by atoms with E-state index in [1.807, 2.05) is 6.08 Å². The molecule has 4 aliphatic rings. The van der Waals surface area contributed by atoms with Crippen LogP contribution in [0.2, 0.25) is 0 Å². The van der Waals surface area contributed by atoms with Gasteiger partial charge in [-0.15, -0.1) is 0 Å². The Morgan fingerprint density at radius 1 is 1.33 bits per heavy atom. The molecule has 96 valence electrons. The van der Waals surface area contributed by atoms with Crippen LogP contribution in [0.4, 0.5) is 0 Å². The van der Waals surface area contributed by atoms with Crippen LogP contribution in [-0.4, -0.2) is 41.0 Å². The Labute approximate surface area is 112 Å². The smallest absolute Gasteiger partial charge is 0.192 e. The number of allylic oxidation sites excluding steroid dienone is 1. The predicted octanol–water partition coefficient (Wildman–Crippen LogP) is 2.27. The normalized spacial score (nSPS) is 41.3. The first-order chi connectivity index (χ1) is 8.78. The van der Waals surface area contributed by atoms with Gasteiger partial charge in [-0.1, -0.05) is 11.6 Å².